The first-order valence-corrected chi connectivity index (χ1v) is 9.59. The fourth-order valence-electron chi connectivity index (χ4n) is 3.29. The van der Waals surface area contributed by atoms with Gasteiger partial charge in [-0.15, -0.1) is 24.0 Å². The van der Waals surface area contributed by atoms with E-state index in [1.54, 1.807) is 0 Å². The quantitative estimate of drug-likeness (QED) is 0.265. The van der Waals surface area contributed by atoms with E-state index >= 15 is 0 Å². The van der Waals surface area contributed by atoms with E-state index in [0.29, 0.717) is 12.5 Å². The van der Waals surface area contributed by atoms with Crippen molar-refractivity contribution in [3.05, 3.63) is 47.3 Å². The van der Waals surface area contributed by atoms with Gasteiger partial charge in [0, 0.05) is 25.3 Å². The van der Waals surface area contributed by atoms with Gasteiger partial charge in [-0.05, 0) is 44.5 Å². The summed E-state index contributed by atoms with van der Waals surface area (Å²) in [4.78, 5) is 6.93. The Labute approximate surface area is 184 Å². The number of morpholine rings is 1. The number of halogens is 1. The predicted molar refractivity (Wildman–Crippen MR) is 124 cm³/mol. The molecule has 7 nitrogen and oxygen atoms in total. The number of aryl methyl sites for hydroxylation is 2. The molecule has 2 aromatic rings. The number of aromatic nitrogens is 2. The Morgan fingerprint density at radius 1 is 1.25 bits per heavy atom. The number of para-hydroxylation sites is 1. The highest BCUT2D eigenvalue weighted by atomic mass is 127. The molecule has 0 amide bonds. The van der Waals surface area contributed by atoms with Crippen molar-refractivity contribution in [2.45, 2.75) is 26.8 Å². The zero-order valence-corrected chi connectivity index (χ0v) is 19.1. The van der Waals surface area contributed by atoms with Crippen molar-refractivity contribution in [1.29, 1.82) is 0 Å². The predicted octanol–water partition coefficient (Wildman–Crippen LogP) is 2.23. The van der Waals surface area contributed by atoms with Crippen LogP contribution in [-0.2, 0) is 11.3 Å². The second-order valence-electron chi connectivity index (χ2n) is 6.90. The van der Waals surface area contributed by atoms with Crippen LogP contribution in [0.4, 0.5) is 0 Å². The van der Waals surface area contributed by atoms with Crippen molar-refractivity contribution in [2.75, 3.05) is 39.4 Å². The van der Waals surface area contributed by atoms with Crippen molar-refractivity contribution in [1.82, 2.24) is 20.0 Å². The lowest BCUT2D eigenvalue weighted by Gasteiger charge is -2.26. The standard InChI is InChI=1S/C20H30N6O.HI/c1-16-14-17(2)26(24-16)19-7-4-3-6-18(19)15-23-20(21)22-8-5-9-25-10-12-27-13-11-25;/h3-4,6-7,14H,5,8-13,15H2,1-2H3,(H3,21,22,23);1H. The van der Waals surface area contributed by atoms with E-state index in [1.165, 1.54) is 0 Å². The van der Waals surface area contributed by atoms with E-state index in [2.05, 4.69) is 45.4 Å². The lowest BCUT2D eigenvalue weighted by Crippen LogP contribution is -2.39. The fraction of sp³-hybridized carbons (Fsp3) is 0.500. The van der Waals surface area contributed by atoms with Gasteiger partial charge < -0.3 is 15.8 Å². The van der Waals surface area contributed by atoms with Gasteiger partial charge in [0.1, 0.15) is 0 Å². The summed E-state index contributed by atoms with van der Waals surface area (Å²) in [6.45, 7) is 10.2. The van der Waals surface area contributed by atoms with Gasteiger partial charge in [0.15, 0.2) is 5.96 Å². The molecule has 1 aliphatic heterocycles. The minimum absolute atomic E-state index is 0. The molecule has 154 valence electrons. The van der Waals surface area contributed by atoms with Crippen molar-refractivity contribution in [3.63, 3.8) is 0 Å². The van der Waals surface area contributed by atoms with Crippen LogP contribution in [-0.4, -0.2) is 60.0 Å². The van der Waals surface area contributed by atoms with E-state index in [0.717, 1.165) is 68.5 Å². The first-order valence-electron chi connectivity index (χ1n) is 9.59. The molecule has 1 aromatic carbocycles. The number of hydrogen-bond acceptors (Lipinski definition) is 4. The van der Waals surface area contributed by atoms with Crippen LogP contribution in [0.25, 0.3) is 5.69 Å². The molecule has 3 rings (SSSR count). The molecule has 1 saturated heterocycles. The Morgan fingerprint density at radius 3 is 2.71 bits per heavy atom. The second-order valence-corrected chi connectivity index (χ2v) is 6.90. The summed E-state index contributed by atoms with van der Waals surface area (Å²) < 4.78 is 7.33. The Kier molecular flexibility index (Phi) is 9.20. The van der Waals surface area contributed by atoms with Crippen LogP contribution < -0.4 is 11.1 Å². The first kappa shape index (κ1) is 22.6. The monoisotopic (exact) mass is 498 g/mol. The minimum Gasteiger partial charge on any atom is -0.379 e. The average molecular weight is 498 g/mol. The third-order valence-electron chi connectivity index (χ3n) is 4.71. The molecule has 0 radical (unpaired) electrons. The fourth-order valence-corrected chi connectivity index (χ4v) is 3.29. The molecular formula is C20H31IN6O. The molecule has 2 heterocycles. The summed E-state index contributed by atoms with van der Waals surface area (Å²) in [5, 5.41) is 7.80. The third kappa shape index (κ3) is 6.46. The Hall–Kier alpha value is -1.65. The van der Waals surface area contributed by atoms with Crippen LogP contribution in [0.3, 0.4) is 0 Å². The smallest absolute Gasteiger partial charge is 0.188 e. The Bertz CT molecular complexity index is 770. The molecule has 0 spiro atoms. The lowest BCUT2D eigenvalue weighted by molar-refractivity contribution is 0.0376. The normalized spacial score (nSPS) is 15.3. The zero-order valence-electron chi connectivity index (χ0n) is 16.7. The topological polar surface area (TPSA) is 80.7 Å². The molecule has 1 fully saturated rings. The van der Waals surface area contributed by atoms with E-state index in [1.807, 2.05) is 23.7 Å². The number of benzene rings is 1. The zero-order chi connectivity index (χ0) is 19.1. The van der Waals surface area contributed by atoms with E-state index in [9.17, 15) is 0 Å². The van der Waals surface area contributed by atoms with Gasteiger partial charge in [-0.1, -0.05) is 18.2 Å². The molecule has 1 aromatic heterocycles. The SMILES string of the molecule is Cc1cc(C)n(-c2ccccc2CN=C(N)NCCCN2CCOCC2)n1.I. The molecule has 8 heteroatoms. The highest BCUT2D eigenvalue weighted by Gasteiger charge is 2.10. The number of rotatable bonds is 7. The van der Waals surface area contributed by atoms with Crippen molar-refractivity contribution >= 4 is 29.9 Å². The van der Waals surface area contributed by atoms with Gasteiger partial charge in [-0.3, -0.25) is 4.90 Å². The van der Waals surface area contributed by atoms with E-state index < -0.39 is 0 Å². The van der Waals surface area contributed by atoms with Crippen LogP contribution in [0, 0.1) is 13.8 Å². The molecule has 0 bridgehead atoms. The van der Waals surface area contributed by atoms with E-state index in [4.69, 9.17) is 10.5 Å². The minimum atomic E-state index is 0. The number of ether oxygens (including phenoxy) is 1. The number of aliphatic imine (C=N–C) groups is 1. The van der Waals surface area contributed by atoms with Crippen LogP contribution in [0.1, 0.15) is 23.4 Å². The maximum atomic E-state index is 6.05. The Morgan fingerprint density at radius 2 is 2.00 bits per heavy atom. The molecule has 1 aliphatic rings. The first-order chi connectivity index (χ1) is 13.1. The number of hydrogen-bond donors (Lipinski definition) is 2. The molecule has 28 heavy (non-hydrogen) atoms. The van der Waals surface area contributed by atoms with Gasteiger partial charge in [0.25, 0.3) is 0 Å². The highest BCUT2D eigenvalue weighted by molar-refractivity contribution is 14.0. The second kappa shape index (κ2) is 11.4. The summed E-state index contributed by atoms with van der Waals surface area (Å²) in [5.74, 6) is 0.486. The third-order valence-corrected chi connectivity index (χ3v) is 4.71. The van der Waals surface area contributed by atoms with E-state index in [-0.39, 0.29) is 24.0 Å². The largest absolute Gasteiger partial charge is 0.379 e. The maximum absolute atomic E-state index is 6.05. The van der Waals surface area contributed by atoms with Crippen LogP contribution in [0.15, 0.2) is 35.3 Å². The number of nitrogens with two attached hydrogens (primary N) is 1. The van der Waals surface area contributed by atoms with Gasteiger partial charge in [-0.25, -0.2) is 9.67 Å². The van der Waals surface area contributed by atoms with Crippen molar-refractivity contribution in [2.24, 2.45) is 10.7 Å². The van der Waals surface area contributed by atoms with Gasteiger partial charge in [-0.2, -0.15) is 5.10 Å². The molecule has 0 atom stereocenters. The number of guanidine groups is 1. The molecule has 0 unspecified atom stereocenters. The lowest BCUT2D eigenvalue weighted by atomic mass is 10.2. The van der Waals surface area contributed by atoms with Gasteiger partial charge in [0.05, 0.1) is 31.1 Å². The van der Waals surface area contributed by atoms with Crippen molar-refractivity contribution < 1.29 is 4.74 Å². The molecular weight excluding hydrogens is 467 g/mol. The molecule has 3 N–H and O–H groups in total. The van der Waals surface area contributed by atoms with Crippen molar-refractivity contribution in [3.8, 4) is 5.69 Å². The maximum Gasteiger partial charge on any atom is 0.188 e. The summed E-state index contributed by atoms with van der Waals surface area (Å²) in [5.41, 5.74) is 10.3. The molecule has 0 saturated carbocycles. The van der Waals surface area contributed by atoms with Crippen LogP contribution >= 0.6 is 24.0 Å². The number of nitrogens with zero attached hydrogens (tertiary/aromatic N) is 4. The highest BCUT2D eigenvalue weighted by Crippen LogP contribution is 2.17. The van der Waals surface area contributed by atoms with Crippen LogP contribution in [0.2, 0.25) is 0 Å². The van der Waals surface area contributed by atoms with Crippen LogP contribution in [0.5, 0.6) is 0 Å². The molecule has 0 aliphatic carbocycles. The summed E-state index contributed by atoms with van der Waals surface area (Å²) in [6.07, 6.45) is 1.04. The Balaban J connectivity index is 0.00000280. The average Bonchev–Trinajstić information content (AvgIpc) is 3.02. The summed E-state index contributed by atoms with van der Waals surface area (Å²) in [7, 11) is 0. The van der Waals surface area contributed by atoms with Gasteiger partial charge in [0.2, 0.25) is 0 Å². The summed E-state index contributed by atoms with van der Waals surface area (Å²) >= 11 is 0. The van der Waals surface area contributed by atoms with Gasteiger partial charge >= 0.3 is 0 Å². The number of nitrogens with one attached hydrogen (secondary N) is 1. The summed E-state index contributed by atoms with van der Waals surface area (Å²) in [6, 6.07) is 10.2.